The molecule has 0 aromatic heterocycles. The first-order chi connectivity index (χ1) is 21.9. The number of non-ortho nitro benzene ring substituents is 1. The van der Waals surface area contributed by atoms with Crippen LogP contribution in [-0.4, -0.2) is 41.9 Å². The van der Waals surface area contributed by atoms with Crippen molar-refractivity contribution in [2.24, 2.45) is 11.8 Å². The van der Waals surface area contributed by atoms with Crippen LogP contribution in [0.15, 0.2) is 109 Å². The minimum atomic E-state index is -1.16. The highest BCUT2D eigenvalue weighted by atomic mass is 16.6. The van der Waals surface area contributed by atoms with E-state index in [1.54, 1.807) is 0 Å². The maximum Gasteiger partial charge on any atom is 0.330 e. The number of imide groups is 1. The van der Waals surface area contributed by atoms with Gasteiger partial charge in [0.25, 0.3) is 5.69 Å². The van der Waals surface area contributed by atoms with E-state index in [2.05, 4.69) is 0 Å². The second-order valence-electron chi connectivity index (χ2n) is 11.1. The summed E-state index contributed by atoms with van der Waals surface area (Å²) in [6, 6.07) is 28.0. The second-order valence-corrected chi connectivity index (χ2v) is 11.1. The highest BCUT2D eigenvalue weighted by molar-refractivity contribution is 6.25. The highest BCUT2D eigenvalue weighted by Gasteiger charge is 2.65. The molecule has 3 aliphatic rings. The SMILES string of the molecule is COc1ccc([N+](=O)[O-])cc1N1C(=O)C2C(C1=O)C(C(=O)OC(c1ccccc1)c1ccccc1)N1c3ccccc3C=CC21. The van der Waals surface area contributed by atoms with Gasteiger partial charge in [0.1, 0.15) is 17.5 Å². The Morgan fingerprint density at radius 1 is 0.822 bits per heavy atom. The molecule has 3 heterocycles. The molecule has 3 aliphatic heterocycles. The van der Waals surface area contributed by atoms with Gasteiger partial charge in [0.2, 0.25) is 11.8 Å². The summed E-state index contributed by atoms with van der Waals surface area (Å²) in [7, 11) is 1.35. The third kappa shape index (κ3) is 4.53. The zero-order valence-electron chi connectivity index (χ0n) is 24.1. The molecule has 4 aromatic rings. The van der Waals surface area contributed by atoms with E-state index in [4.69, 9.17) is 9.47 Å². The number of rotatable bonds is 7. The van der Waals surface area contributed by atoms with Crippen LogP contribution in [0.1, 0.15) is 22.8 Å². The number of para-hydroxylation sites is 1. The molecule has 45 heavy (non-hydrogen) atoms. The molecule has 10 heteroatoms. The lowest BCUT2D eigenvalue weighted by Crippen LogP contribution is -2.49. The molecule has 0 aliphatic carbocycles. The summed E-state index contributed by atoms with van der Waals surface area (Å²) in [5.74, 6) is -3.83. The molecule has 0 N–H and O–H groups in total. The number of hydrogen-bond acceptors (Lipinski definition) is 8. The van der Waals surface area contributed by atoms with Gasteiger partial charge in [-0.05, 0) is 28.8 Å². The zero-order chi connectivity index (χ0) is 31.2. The molecular formula is C35H27N3O7. The van der Waals surface area contributed by atoms with Crippen molar-refractivity contribution in [1.29, 1.82) is 0 Å². The number of esters is 1. The molecule has 4 atom stereocenters. The molecule has 0 radical (unpaired) electrons. The van der Waals surface area contributed by atoms with Crippen LogP contribution in [-0.2, 0) is 19.1 Å². The molecule has 2 amide bonds. The average molecular weight is 602 g/mol. The van der Waals surface area contributed by atoms with Crippen molar-refractivity contribution in [2.45, 2.75) is 18.2 Å². The van der Waals surface area contributed by atoms with Crippen molar-refractivity contribution in [2.75, 3.05) is 16.9 Å². The van der Waals surface area contributed by atoms with Crippen LogP contribution >= 0.6 is 0 Å². The fraction of sp³-hybridized carbons (Fsp3) is 0.171. The summed E-state index contributed by atoms with van der Waals surface area (Å²) in [5.41, 5.74) is 2.70. The van der Waals surface area contributed by atoms with Crippen molar-refractivity contribution >= 4 is 40.9 Å². The Morgan fingerprint density at radius 2 is 1.44 bits per heavy atom. The van der Waals surface area contributed by atoms with Crippen LogP contribution in [0.2, 0.25) is 0 Å². The van der Waals surface area contributed by atoms with E-state index in [1.165, 1.54) is 19.2 Å². The standard InChI is InChI=1S/C35H27N3O7/c1-44-28-19-17-24(38(42)43)20-27(28)37-33(39)29-26-18-16-21-10-8-9-15-25(21)36(26)31(30(29)34(37)40)35(41)45-32(22-11-4-2-5-12-22)23-13-6-3-7-14-23/h2-20,26,29-32H,1H3. The monoisotopic (exact) mass is 601 g/mol. The van der Waals surface area contributed by atoms with Gasteiger partial charge >= 0.3 is 5.97 Å². The molecule has 4 aromatic carbocycles. The first kappa shape index (κ1) is 28.0. The Bertz CT molecular complexity index is 1820. The summed E-state index contributed by atoms with van der Waals surface area (Å²) < 4.78 is 11.7. The quantitative estimate of drug-likeness (QED) is 0.121. The van der Waals surface area contributed by atoms with Crippen molar-refractivity contribution in [3.05, 3.63) is 136 Å². The summed E-state index contributed by atoms with van der Waals surface area (Å²) in [6.07, 6.45) is 2.94. The van der Waals surface area contributed by atoms with Gasteiger partial charge in [-0.2, -0.15) is 0 Å². The Balaban J connectivity index is 1.33. The normalized spacial score (nSPS) is 21.4. The molecule has 224 valence electrons. The Kier molecular flexibility index (Phi) is 6.89. The van der Waals surface area contributed by atoms with Gasteiger partial charge in [-0.25, -0.2) is 9.69 Å². The molecule has 0 bridgehead atoms. The number of hydrogen-bond donors (Lipinski definition) is 0. The van der Waals surface area contributed by atoms with E-state index in [9.17, 15) is 24.5 Å². The Labute approximate surface area is 258 Å². The third-order valence-electron chi connectivity index (χ3n) is 8.71. The number of nitro benzene ring substituents is 1. The van der Waals surface area contributed by atoms with Gasteiger partial charge in [-0.3, -0.25) is 19.7 Å². The minimum Gasteiger partial charge on any atom is -0.495 e. The molecule has 0 saturated carbocycles. The lowest BCUT2D eigenvalue weighted by molar-refractivity contribution is -0.384. The van der Waals surface area contributed by atoms with Gasteiger partial charge in [0, 0.05) is 17.8 Å². The fourth-order valence-electron chi connectivity index (χ4n) is 6.76. The van der Waals surface area contributed by atoms with E-state index in [0.29, 0.717) is 5.69 Å². The van der Waals surface area contributed by atoms with Crippen molar-refractivity contribution in [1.82, 2.24) is 0 Å². The third-order valence-corrected chi connectivity index (χ3v) is 8.71. The Morgan fingerprint density at radius 3 is 2.09 bits per heavy atom. The average Bonchev–Trinajstić information content (AvgIpc) is 3.56. The number of nitro groups is 1. The van der Waals surface area contributed by atoms with Crippen LogP contribution in [0.4, 0.5) is 17.1 Å². The van der Waals surface area contributed by atoms with E-state index in [-0.39, 0.29) is 17.1 Å². The van der Waals surface area contributed by atoms with E-state index in [1.807, 2.05) is 102 Å². The van der Waals surface area contributed by atoms with Crippen molar-refractivity contribution in [3.63, 3.8) is 0 Å². The maximum absolute atomic E-state index is 14.5. The van der Waals surface area contributed by atoms with Crippen LogP contribution < -0.4 is 14.5 Å². The number of carbonyl (C=O) groups is 3. The molecular weight excluding hydrogens is 574 g/mol. The number of methoxy groups -OCH3 is 1. The van der Waals surface area contributed by atoms with Crippen molar-refractivity contribution < 1.29 is 28.8 Å². The van der Waals surface area contributed by atoms with E-state index >= 15 is 0 Å². The lowest BCUT2D eigenvalue weighted by atomic mass is 9.88. The molecule has 7 rings (SSSR count). The Hall–Kier alpha value is -5.77. The number of benzene rings is 4. The van der Waals surface area contributed by atoms with Crippen LogP contribution in [0.5, 0.6) is 5.75 Å². The number of ether oxygens (including phenoxy) is 2. The van der Waals surface area contributed by atoms with Crippen LogP contribution in [0.25, 0.3) is 6.08 Å². The first-order valence-electron chi connectivity index (χ1n) is 14.4. The molecule has 2 saturated heterocycles. The number of fused-ring (bicyclic) bond motifs is 5. The van der Waals surface area contributed by atoms with Crippen LogP contribution in [0, 0.1) is 22.0 Å². The number of amides is 2. The second kappa shape index (κ2) is 11.1. The minimum absolute atomic E-state index is 0.0404. The summed E-state index contributed by atoms with van der Waals surface area (Å²) in [6.45, 7) is 0. The molecule has 10 nitrogen and oxygen atoms in total. The maximum atomic E-state index is 14.5. The van der Waals surface area contributed by atoms with Gasteiger partial charge < -0.3 is 14.4 Å². The van der Waals surface area contributed by atoms with Crippen LogP contribution in [0.3, 0.4) is 0 Å². The fourth-order valence-corrected chi connectivity index (χ4v) is 6.76. The van der Waals surface area contributed by atoms with Gasteiger partial charge in [-0.15, -0.1) is 0 Å². The van der Waals surface area contributed by atoms with Gasteiger partial charge in [0.05, 0.1) is 29.9 Å². The molecule has 4 unspecified atom stereocenters. The first-order valence-corrected chi connectivity index (χ1v) is 14.4. The number of anilines is 2. The van der Waals surface area contributed by atoms with E-state index in [0.717, 1.165) is 27.7 Å². The van der Waals surface area contributed by atoms with Crippen molar-refractivity contribution in [3.8, 4) is 5.75 Å². The molecule has 0 spiro atoms. The lowest BCUT2D eigenvalue weighted by Gasteiger charge is -2.36. The number of nitrogens with zero attached hydrogens (tertiary/aromatic N) is 3. The number of carbonyl (C=O) groups excluding carboxylic acids is 3. The summed E-state index contributed by atoms with van der Waals surface area (Å²) >= 11 is 0. The zero-order valence-corrected chi connectivity index (χ0v) is 24.1. The smallest absolute Gasteiger partial charge is 0.330 e. The van der Waals surface area contributed by atoms with Gasteiger partial charge in [0.15, 0.2) is 6.10 Å². The topological polar surface area (TPSA) is 119 Å². The molecule has 2 fully saturated rings. The summed E-state index contributed by atoms with van der Waals surface area (Å²) in [5, 5.41) is 11.6. The predicted molar refractivity (Wildman–Crippen MR) is 165 cm³/mol. The highest BCUT2D eigenvalue weighted by Crippen LogP contribution is 2.51. The predicted octanol–water partition coefficient (Wildman–Crippen LogP) is 5.33. The van der Waals surface area contributed by atoms with Gasteiger partial charge in [-0.1, -0.05) is 91.0 Å². The van der Waals surface area contributed by atoms with E-state index < -0.39 is 52.7 Å². The summed E-state index contributed by atoms with van der Waals surface area (Å²) in [4.78, 5) is 56.8. The largest absolute Gasteiger partial charge is 0.495 e.